The summed E-state index contributed by atoms with van der Waals surface area (Å²) in [5.41, 5.74) is 5.68. The number of primary amides is 1. The smallest absolute Gasteiger partial charge is 0.405 e. The second kappa shape index (κ2) is 13.0. The van der Waals surface area contributed by atoms with Crippen LogP contribution in [0.5, 0.6) is 0 Å². The highest BCUT2D eigenvalue weighted by Gasteiger charge is 2.38. The van der Waals surface area contributed by atoms with Crippen LogP contribution in [-0.2, 0) is 9.47 Å². The number of ether oxygens (including phenoxy) is 2. The maximum absolute atomic E-state index is 13.1. The second-order valence-electron chi connectivity index (χ2n) is 10.1. The second-order valence-corrected chi connectivity index (χ2v) is 10.9. The molecule has 2 aliphatic rings. The first-order chi connectivity index (χ1) is 17.3. The number of hydrogen-bond donors (Lipinski definition) is 1. The quantitative estimate of drug-likeness (QED) is 0.483. The Hall–Kier alpha value is -2.29. The van der Waals surface area contributed by atoms with Gasteiger partial charge in [-0.05, 0) is 71.4 Å². The Labute approximate surface area is 230 Å². The molecule has 2 aromatic rings. The van der Waals surface area contributed by atoms with Crippen molar-refractivity contribution in [3.05, 3.63) is 50.0 Å². The minimum absolute atomic E-state index is 0.105. The van der Waals surface area contributed by atoms with Gasteiger partial charge < -0.3 is 20.1 Å². The topological polar surface area (TPSA) is 99.7 Å². The van der Waals surface area contributed by atoms with E-state index < -0.39 is 11.7 Å². The fourth-order valence-corrected chi connectivity index (χ4v) is 4.87. The molecule has 37 heavy (non-hydrogen) atoms. The third-order valence-electron chi connectivity index (χ3n) is 6.34. The molecule has 0 aliphatic carbocycles. The van der Waals surface area contributed by atoms with Crippen molar-refractivity contribution in [2.75, 3.05) is 31.2 Å². The number of rotatable bonds is 2. The normalized spacial score (nSPS) is 16.4. The zero-order chi connectivity index (χ0) is 28.0. The molecule has 2 fully saturated rings. The van der Waals surface area contributed by atoms with Crippen LogP contribution in [0, 0.1) is 19.3 Å². The molecule has 0 unspecified atom stereocenters. The molecule has 1 aromatic carbocycles. The molecule has 10 heteroatoms. The Morgan fingerprint density at radius 3 is 2.24 bits per heavy atom. The van der Waals surface area contributed by atoms with Crippen molar-refractivity contribution in [3.63, 3.8) is 0 Å². The summed E-state index contributed by atoms with van der Waals surface area (Å²) in [5, 5.41) is 0.779. The van der Waals surface area contributed by atoms with E-state index in [9.17, 15) is 9.59 Å². The maximum atomic E-state index is 13.1. The van der Waals surface area contributed by atoms with E-state index in [-0.39, 0.29) is 5.56 Å². The molecule has 1 amide bonds. The molecule has 3 heterocycles. The fourth-order valence-electron chi connectivity index (χ4n) is 4.49. The number of piperidine rings is 1. The van der Waals surface area contributed by atoms with Gasteiger partial charge in [0.15, 0.2) is 0 Å². The van der Waals surface area contributed by atoms with Crippen molar-refractivity contribution in [1.82, 2.24) is 9.55 Å². The van der Waals surface area contributed by atoms with Gasteiger partial charge in [-0.3, -0.25) is 9.36 Å². The molecular weight excluding hydrogens is 515 g/mol. The lowest BCUT2D eigenvalue weighted by Gasteiger charge is -2.39. The van der Waals surface area contributed by atoms with Crippen LogP contribution < -0.4 is 16.2 Å². The monoisotopic (exact) mass is 554 g/mol. The third-order valence-corrected chi connectivity index (χ3v) is 7.15. The van der Waals surface area contributed by atoms with E-state index in [0.717, 1.165) is 51.4 Å². The highest BCUT2D eigenvalue weighted by atomic mass is 35.5. The standard InChI is InChI=1S/C20H23Cl2N3O2.C5H11NO2.C2H6/c1-13-18(24-9-6-20(7-10-24)8-11-27-12-20)23-14(2)25(19(13)26)16-5-3-4-15(21)17(16)22;1-5(2,3)8-4(6)7;1-2/h3-5H,6-12H2,1-2H3;1-3H3,(H2,6,7);1-2H3. The zero-order valence-corrected chi connectivity index (χ0v) is 24.5. The van der Waals surface area contributed by atoms with Gasteiger partial charge in [-0.2, -0.15) is 0 Å². The zero-order valence-electron chi connectivity index (χ0n) is 23.0. The van der Waals surface area contributed by atoms with Gasteiger partial charge in [0.2, 0.25) is 0 Å². The van der Waals surface area contributed by atoms with Crippen LogP contribution in [0.2, 0.25) is 10.0 Å². The molecule has 0 bridgehead atoms. The molecule has 0 saturated carbocycles. The first-order valence-corrected chi connectivity index (χ1v) is 13.4. The number of aromatic nitrogens is 2. The number of aryl methyl sites for hydroxylation is 1. The summed E-state index contributed by atoms with van der Waals surface area (Å²) in [7, 11) is 0. The van der Waals surface area contributed by atoms with Gasteiger partial charge in [-0.25, -0.2) is 9.78 Å². The number of nitrogens with two attached hydrogens (primary N) is 1. The van der Waals surface area contributed by atoms with Gasteiger partial charge in [-0.15, -0.1) is 0 Å². The Morgan fingerprint density at radius 2 is 1.76 bits per heavy atom. The van der Waals surface area contributed by atoms with Crippen LogP contribution in [0.25, 0.3) is 5.69 Å². The number of amides is 1. The first-order valence-electron chi connectivity index (χ1n) is 12.7. The van der Waals surface area contributed by atoms with E-state index in [1.165, 1.54) is 0 Å². The lowest BCUT2D eigenvalue weighted by Crippen LogP contribution is -2.42. The molecule has 2 N–H and O–H groups in total. The van der Waals surface area contributed by atoms with E-state index in [1.54, 1.807) is 43.5 Å². The minimum Gasteiger partial charge on any atom is -0.444 e. The molecule has 2 saturated heterocycles. The number of benzene rings is 1. The number of nitrogens with zero attached hydrogens (tertiary/aromatic N) is 3. The first kappa shape index (κ1) is 30.9. The average Bonchev–Trinajstić information content (AvgIpc) is 3.28. The molecule has 8 nitrogen and oxygen atoms in total. The Balaban J connectivity index is 0.000000414. The van der Waals surface area contributed by atoms with Crippen LogP contribution in [0.1, 0.15) is 65.3 Å². The summed E-state index contributed by atoms with van der Waals surface area (Å²) in [4.78, 5) is 30.2. The predicted molar refractivity (Wildman–Crippen MR) is 150 cm³/mol. The molecule has 1 aromatic heterocycles. The van der Waals surface area contributed by atoms with E-state index in [0.29, 0.717) is 32.5 Å². The molecule has 4 rings (SSSR count). The Bertz CT molecular complexity index is 1130. The van der Waals surface area contributed by atoms with Gasteiger partial charge in [0, 0.05) is 19.7 Å². The Morgan fingerprint density at radius 1 is 1.14 bits per heavy atom. The van der Waals surface area contributed by atoms with Crippen LogP contribution >= 0.6 is 23.2 Å². The predicted octanol–water partition coefficient (Wildman–Crippen LogP) is 6.07. The fraction of sp³-hybridized carbons (Fsp3) is 0.593. The van der Waals surface area contributed by atoms with Gasteiger partial charge in [0.25, 0.3) is 5.56 Å². The van der Waals surface area contributed by atoms with E-state index >= 15 is 0 Å². The highest BCUT2D eigenvalue weighted by molar-refractivity contribution is 6.43. The number of anilines is 1. The van der Waals surface area contributed by atoms with E-state index in [2.05, 4.69) is 9.64 Å². The van der Waals surface area contributed by atoms with Crippen molar-refractivity contribution in [3.8, 4) is 5.69 Å². The molecule has 0 atom stereocenters. The third kappa shape index (κ3) is 7.85. The molecule has 1 spiro atoms. The number of halogens is 2. The van der Waals surface area contributed by atoms with Crippen LogP contribution in [0.3, 0.4) is 0 Å². The minimum atomic E-state index is -0.725. The lowest BCUT2D eigenvalue weighted by atomic mass is 9.78. The van der Waals surface area contributed by atoms with Gasteiger partial charge in [0.05, 0.1) is 27.9 Å². The Kier molecular flexibility index (Phi) is 10.9. The van der Waals surface area contributed by atoms with Crippen molar-refractivity contribution < 1.29 is 14.3 Å². The molecule has 206 valence electrons. The summed E-state index contributed by atoms with van der Waals surface area (Å²) in [6, 6.07) is 5.28. The molecular formula is C27H40Cl2N4O4. The van der Waals surface area contributed by atoms with Crippen molar-refractivity contribution in [2.45, 2.75) is 73.3 Å². The maximum Gasteiger partial charge on any atom is 0.405 e. The summed E-state index contributed by atoms with van der Waals surface area (Å²) < 4.78 is 11.7. The van der Waals surface area contributed by atoms with E-state index in [4.69, 9.17) is 38.7 Å². The van der Waals surface area contributed by atoms with Gasteiger partial charge in [-0.1, -0.05) is 43.1 Å². The van der Waals surface area contributed by atoms with Gasteiger partial charge in [0.1, 0.15) is 17.2 Å². The van der Waals surface area contributed by atoms with Crippen LogP contribution in [0.15, 0.2) is 23.0 Å². The summed E-state index contributed by atoms with van der Waals surface area (Å²) in [6.45, 7) is 16.5. The van der Waals surface area contributed by atoms with E-state index in [1.807, 2.05) is 27.7 Å². The largest absolute Gasteiger partial charge is 0.444 e. The summed E-state index contributed by atoms with van der Waals surface area (Å²) >= 11 is 12.5. The molecule has 0 radical (unpaired) electrons. The van der Waals surface area contributed by atoms with Crippen molar-refractivity contribution in [1.29, 1.82) is 0 Å². The summed E-state index contributed by atoms with van der Waals surface area (Å²) in [6.07, 6.45) is 2.57. The summed E-state index contributed by atoms with van der Waals surface area (Å²) in [5.74, 6) is 1.38. The van der Waals surface area contributed by atoms with Crippen molar-refractivity contribution in [2.24, 2.45) is 11.1 Å². The van der Waals surface area contributed by atoms with Gasteiger partial charge >= 0.3 is 6.09 Å². The average molecular weight is 556 g/mol. The highest BCUT2D eigenvalue weighted by Crippen LogP contribution is 2.40. The van der Waals surface area contributed by atoms with Crippen LogP contribution in [-0.4, -0.2) is 47.5 Å². The van der Waals surface area contributed by atoms with Crippen molar-refractivity contribution >= 4 is 35.1 Å². The SMILES string of the molecule is CC.CC(C)(C)OC(N)=O.Cc1c(N2CCC3(CCOC3)CC2)nc(C)n(-c2cccc(Cl)c2Cl)c1=O. The number of carbonyl (C=O) groups excluding carboxylic acids is 1. The number of carbonyl (C=O) groups is 1. The lowest BCUT2D eigenvalue weighted by molar-refractivity contribution is 0.0600. The number of hydrogen-bond acceptors (Lipinski definition) is 6. The van der Waals surface area contributed by atoms with Crippen LogP contribution in [0.4, 0.5) is 10.6 Å². The molecule has 2 aliphatic heterocycles.